The van der Waals surface area contributed by atoms with E-state index in [-0.39, 0.29) is 0 Å². The molecule has 0 aromatic rings. The maximum atomic E-state index is 6.04. The summed E-state index contributed by atoms with van der Waals surface area (Å²) in [5, 5.41) is 0. The molecule has 12 heavy (non-hydrogen) atoms. The quantitative estimate of drug-likeness (QED) is 0.687. The van der Waals surface area contributed by atoms with Gasteiger partial charge in [0.25, 0.3) is 0 Å². The van der Waals surface area contributed by atoms with E-state index in [4.69, 9.17) is 10.5 Å². The van der Waals surface area contributed by atoms with Crippen molar-refractivity contribution >= 4 is 0 Å². The van der Waals surface area contributed by atoms with Crippen molar-refractivity contribution in [2.45, 2.75) is 52.4 Å². The van der Waals surface area contributed by atoms with Gasteiger partial charge in [0.05, 0.1) is 12.2 Å². The smallest absolute Gasteiger partial charge is 0.0597 e. The third kappa shape index (κ3) is 1.64. The zero-order chi connectivity index (χ0) is 9.30. The topological polar surface area (TPSA) is 35.2 Å². The van der Waals surface area contributed by atoms with Gasteiger partial charge in [-0.2, -0.15) is 0 Å². The fourth-order valence-electron chi connectivity index (χ4n) is 2.30. The molecule has 1 fully saturated rings. The van der Waals surface area contributed by atoms with E-state index in [0.29, 0.717) is 30.1 Å². The minimum Gasteiger partial charge on any atom is -0.375 e. The summed E-state index contributed by atoms with van der Waals surface area (Å²) >= 11 is 0. The summed E-state index contributed by atoms with van der Waals surface area (Å²) in [5.74, 6) is 1.15. The number of hydrogen-bond donors (Lipinski definition) is 1. The van der Waals surface area contributed by atoms with E-state index in [0.717, 1.165) is 6.42 Å². The third-order valence-electron chi connectivity index (χ3n) is 3.28. The zero-order valence-electron chi connectivity index (χ0n) is 8.58. The standard InChI is InChI=1S/C10H21NO/c1-5-9(11)10-6(2)7(3)12-8(10)4/h6-10H,5,11H2,1-4H3. The first-order valence-corrected chi connectivity index (χ1v) is 4.99. The summed E-state index contributed by atoms with van der Waals surface area (Å²) in [4.78, 5) is 0. The van der Waals surface area contributed by atoms with Crippen molar-refractivity contribution in [3.8, 4) is 0 Å². The summed E-state index contributed by atoms with van der Waals surface area (Å²) in [6, 6.07) is 0.306. The molecule has 1 saturated heterocycles. The zero-order valence-corrected chi connectivity index (χ0v) is 8.58. The predicted octanol–water partition coefficient (Wildman–Crippen LogP) is 1.78. The average Bonchev–Trinajstić information content (AvgIpc) is 2.26. The number of nitrogens with two attached hydrogens (primary N) is 1. The monoisotopic (exact) mass is 171 g/mol. The molecule has 1 heterocycles. The van der Waals surface area contributed by atoms with Crippen molar-refractivity contribution in [3.05, 3.63) is 0 Å². The van der Waals surface area contributed by atoms with Gasteiger partial charge >= 0.3 is 0 Å². The lowest BCUT2D eigenvalue weighted by Crippen LogP contribution is -2.37. The Labute approximate surface area is 75.5 Å². The van der Waals surface area contributed by atoms with E-state index in [2.05, 4.69) is 27.7 Å². The van der Waals surface area contributed by atoms with Gasteiger partial charge in [0.2, 0.25) is 0 Å². The second-order valence-electron chi connectivity index (χ2n) is 4.05. The van der Waals surface area contributed by atoms with Gasteiger partial charge in [-0.05, 0) is 26.2 Å². The molecule has 5 unspecified atom stereocenters. The Bertz CT molecular complexity index is 145. The molecule has 1 aliphatic heterocycles. The molecule has 0 radical (unpaired) electrons. The maximum absolute atomic E-state index is 6.04. The van der Waals surface area contributed by atoms with Crippen LogP contribution in [0.1, 0.15) is 34.1 Å². The van der Waals surface area contributed by atoms with Crippen LogP contribution in [0.2, 0.25) is 0 Å². The summed E-state index contributed by atoms with van der Waals surface area (Å²) in [6.45, 7) is 8.67. The van der Waals surface area contributed by atoms with Gasteiger partial charge in [0, 0.05) is 12.0 Å². The summed E-state index contributed by atoms with van der Waals surface area (Å²) in [5.41, 5.74) is 6.04. The van der Waals surface area contributed by atoms with Crippen LogP contribution in [0.15, 0.2) is 0 Å². The highest BCUT2D eigenvalue weighted by Gasteiger charge is 2.39. The third-order valence-corrected chi connectivity index (χ3v) is 3.28. The van der Waals surface area contributed by atoms with Gasteiger partial charge in [0.1, 0.15) is 0 Å². The Morgan fingerprint density at radius 1 is 1.25 bits per heavy atom. The van der Waals surface area contributed by atoms with E-state index in [9.17, 15) is 0 Å². The van der Waals surface area contributed by atoms with Crippen molar-refractivity contribution in [3.63, 3.8) is 0 Å². The maximum Gasteiger partial charge on any atom is 0.0597 e. The fourth-order valence-corrected chi connectivity index (χ4v) is 2.30. The van der Waals surface area contributed by atoms with Gasteiger partial charge in [-0.3, -0.25) is 0 Å². The lowest BCUT2D eigenvalue weighted by Gasteiger charge is -2.24. The SMILES string of the molecule is CCC(N)C1C(C)OC(C)C1C. The van der Waals surface area contributed by atoms with Gasteiger partial charge in [-0.1, -0.05) is 13.8 Å². The molecule has 0 aromatic heterocycles. The molecule has 5 atom stereocenters. The van der Waals surface area contributed by atoms with Gasteiger partial charge in [-0.15, -0.1) is 0 Å². The Hall–Kier alpha value is -0.0800. The van der Waals surface area contributed by atoms with Crippen LogP contribution in [0.3, 0.4) is 0 Å². The first kappa shape index (κ1) is 10.0. The molecule has 1 rings (SSSR count). The summed E-state index contributed by atoms with van der Waals surface area (Å²) < 4.78 is 5.73. The van der Waals surface area contributed by atoms with Crippen LogP contribution in [-0.2, 0) is 4.74 Å². The van der Waals surface area contributed by atoms with Crippen LogP contribution in [0, 0.1) is 11.8 Å². The second-order valence-corrected chi connectivity index (χ2v) is 4.05. The van der Waals surface area contributed by atoms with Gasteiger partial charge in [0.15, 0.2) is 0 Å². The second kappa shape index (κ2) is 3.75. The first-order chi connectivity index (χ1) is 5.57. The van der Waals surface area contributed by atoms with E-state index in [1.165, 1.54) is 0 Å². The summed E-state index contributed by atoms with van der Waals surface area (Å²) in [7, 11) is 0. The van der Waals surface area contributed by atoms with Gasteiger partial charge < -0.3 is 10.5 Å². The molecule has 0 saturated carbocycles. The predicted molar refractivity (Wildman–Crippen MR) is 50.9 cm³/mol. The minimum atomic E-state index is 0.306. The highest BCUT2D eigenvalue weighted by atomic mass is 16.5. The molecule has 2 N–H and O–H groups in total. The Kier molecular flexibility index (Phi) is 3.13. The Morgan fingerprint density at radius 2 is 1.83 bits per heavy atom. The first-order valence-electron chi connectivity index (χ1n) is 4.99. The van der Waals surface area contributed by atoms with Crippen LogP contribution >= 0.6 is 0 Å². The van der Waals surface area contributed by atoms with Crippen molar-refractivity contribution < 1.29 is 4.74 Å². The van der Waals surface area contributed by atoms with Crippen LogP contribution in [0.4, 0.5) is 0 Å². The van der Waals surface area contributed by atoms with E-state index in [1.54, 1.807) is 0 Å². The van der Waals surface area contributed by atoms with Crippen LogP contribution < -0.4 is 5.73 Å². The van der Waals surface area contributed by atoms with Crippen molar-refractivity contribution in [2.24, 2.45) is 17.6 Å². The largest absolute Gasteiger partial charge is 0.375 e. The number of hydrogen-bond acceptors (Lipinski definition) is 2. The Balaban J connectivity index is 2.62. The Morgan fingerprint density at radius 3 is 2.17 bits per heavy atom. The van der Waals surface area contributed by atoms with Crippen LogP contribution in [-0.4, -0.2) is 18.2 Å². The lowest BCUT2D eigenvalue weighted by molar-refractivity contribution is 0.0489. The highest BCUT2D eigenvalue weighted by molar-refractivity contribution is 4.89. The van der Waals surface area contributed by atoms with E-state index >= 15 is 0 Å². The molecule has 72 valence electrons. The van der Waals surface area contributed by atoms with Crippen molar-refractivity contribution in [1.29, 1.82) is 0 Å². The van der Waals surface area contributed by atoms with Crippen molar-refractivity contribution in [2.75, 3.05) is 0 Å². The summed E-state index contributed by atoms with van der Waals surface area (Å²) in [6.07, 6.45) is 1.77. The van der Waals surface area contributed by atoms with E-state index in [1.807, 2.05) is 0 Å². The highest BCUT2D eigenvalue weighted by Crippen LogP contribution is 2.34. The molecule has 0 spiro atoms. The normalized spacial score (nSPS) is 44.8. The van der Waals surface area contributed by atoms with E-state index < -0.39 is 0 Å². The van der Waals surface area contributed by atoms with Crippen LogP contribution in [0.5, 0.6) is 0 Å². The molecule has 0 bridgehead atoms. The molecule has 2 heteroatoms. The molecule has 0 aromatic carbocycles. The molecular formula is C10H21NO. The minimum absolute atomic E-state index is 0.306. The molecule has 1 aliphatic rings. The fraction of sp³-hybridized carbons (Fsp3) is 1.00. The molecule has 0 amide bonds. The average molecular weight is 171 g/mol. The lowest BCUT2D eigenvalue weighted by atomic mass is 9.83. The number of ether oxygens (including phenoxy) is 1. The number of rotatable bonds is 2. The van der Waals surface area contributed by atoms with Crippen LogP contribution in [0.25, 0.3) is 0 Å². The van der Waals surface area contributed by atoms with Crippen molar-refractivity contribution in [1.82, 2.24) is 0 Å². The van der Waals surface area contributed by atoms with Gasteiger partial charge in [-0.25, -0.2) is 0 Å². The molecule has 2 nitrogen and oxygen atoms in total. The molecule has 0 aliphatic carbocycles. The molecular weight excluding hydrogens is 150 g/mol.